The third kappa shape index (κ3) is 6.10. The number of hydrogen-bond acceptors (Lipinski definition) is 5. The number of piperidine rings is 2. The van der Waals surface area contributed by atoms with E-state index in [0.29, 0.717) is 21.2 Å². The Labute approximate surface area is 274 Å². The lowest BCUT2D eigenvalue weighted by Crippen LogP contribution is -2.60. The molecule has 6 rings (SSSR count). The molecule has 7 nitrogen and oxygen atoms in total. The molecule has 4 aromatic rings. The molecule has 0 spiro atoms. The zero-order valence-corrected chi connectivity index (χ0v) is 27.8. The monoisotopic (exact) mass is 682 g/mol. The summed E-state index contributed by atoms with van der Waals surface area (Å²) in [6, 6.07) is 24.5. The summed E-state index contributed by atoms with van der Waals surface area (Å²) in [6.07, 6.45) is -0.0315. The highest BCUT2D eigenvalue weighted by Crippen LogP contribution is 2.48. The number of hydrogen-bond donors (Lipinski definition) is 0. The molecular formula is C34H32Cl2N2O5S2. The maximum atomic E-state index is 14.6. The van der Waals surface area contributed by atoms with Crippen LogP contribution < -0.4 is 0 Å². The molecule has 2 aliphatic rings. The third-order valence-electron chi connectivity index (χ3n) is 8.83. The van der Waals surface area contributed by atoms with Gasteiger partial charge in [0.05, 0.1) is 21.9 Å². The number of benzene rings is 4. The first kappa shape index (κ1) is 31.9. The Morgan fingerprint density at radius 2 is 1.07 bits per heavy atom. The fourth-order valence-electron chi connectivity index (χ4n) is 6.44. The van der Waals surface area contributed by atoms with Crippen molar-refractivity contribution in [1.29, 1.82) is 0 Å². The maximum absolute atomic E-state index is 14.6. The van der Waals surface area contributed by atoms with E-state index in [0.717, 1.165) is 11.1 Å². The minimum absolute atomic E-state index is 0.0678. The summed E-state index contributed by atoms with van der Waals surface area (Å²) in [4.78, 5) is 14.2. The van der Waals surface area contributed by atoms with Gasteiger partial charge in [-0.2, -0.15) is 8.61 Å². The van der Waals surface area contributed by atoms with Crippen LogP contribution in [-0.2, 0) is 24.8 Å². The molecule has 4 aromatic carbocycles. The fourth-order valence-corrected chi connectivity index (χ4v) is 10.2. The Balaban J connectivity index is 1.51. The van der Waals surface area contributed by atoms with Crippen LogP contribution in [0.4, 0.5) is 0 Å². The Bertz CT molecular complexity index is 1930. The molecule has 0 N–H and O–H groups in total. The predicted molar refractivity (Wildman–Crippen MR) is 175 cm³/mol. The summed E-state index contributed by atoms with van der Waals surface area (Å²) < 4.78 is 60.4. The second-order valence-electron chi connectivity index (χ2n) is 11.8. The van der Waals surface area contributed by atoms with E-state index in [1.807, 2.05) is 13.8 Å². The van der Waals surface area contributed by atoms with Crippen molar-refractivity contribution in [2.45, 2.75) is 54.6 Å². The van der Waals surface area contributed by atoms with Crippen LogP contribution in [0.2, 0.25) is 10.0 Å². The molecule has 2 saturated heterocycles. The molecule has 0 aromatic heterocycles. The number of rotatable bonds is 6. The summed E-state index contributed by atoms with van der Waals surface area (Å²) >= 11 is 12.4. The second kappa shape index (κ2) is 12.3. The first-order valence-electron chi connectivity index (χ1n) is 14.6. The highest BCUT2D eigenvalue weighted by atomic mass is 35.5. The number of ketones is 1. The topological polar surface area (TPSA) is 91.8 Å². The smallest absolute Gasteiger partial charge is 0.243 e. The average molecular weight is 684 g/mol. The lowest BCUT2D eigenvalue weighted by atomic mass is 9.77. The lowest BCUT2D eigenvalue weighted by Gasteiger charge is -2.51. The number of fused-ring (bicyclic) bond motifs is 1. The van der Waals surface area contributed by atoms with E-state index in [4.69, 9.17) is 23.2 Å². The molecule has 0 saturated carbocycles. The highest BCUT2D eigenvalue weighted by Gasteiger charge is 2.54. The van der Waals surface area contributed by atoms with Crippen LogP contribution in [0.25, 0.3) is 0 Å². The number of carbonyl (C=O) groups excluding carboxylic acids is 1. The highest BCUT2D eigenvalue weighted by molar-refractivity contribution is 7.89. The van der Waals surface area contributed by atoms with Gasteiger partial charge in [0.15, 0.2) is 0 Å². The normalized spacial score (nSPS) is 23.1. The van der Waals surface area contributed by atoms with Gasteiger partial charge < -0.3 is 0 Å². The second-order valence-corrected chi connectivity index (χ2v) is 16.4. The van der Waals surface area contributed by atoms with Crippen LogP contribution in [0, 0.1) is 19.8 Å². The Hall–Kier alpha value is -3.05. The maximum Gasteiger partial charge on any atom is 0.243 e. The van der Waals surface area contributed by atoms with Crippen molar-refractivity contribution in [2.24, 2.45) is 5.92 Å². The van der Waals surface area contributed by atoms with Crippen LogP contribution in [0.5, 0.6) is 0 Å². The molecule has 4 atom stereocenters. The number of aryl methyl sites for hydroxylation is 2. The van der Waals surface area contributed by atoms with E-state index in [1.54, 1.807) is 97.1 Å². The Morgan fingerprint density at radius 1 is 0.622 bits per heavy atom. The first-order valence-corrected chi connectivity index (χ1v) is 18.2. The van der Waals surface area contributed by atoms with Gasteiger partial charge in [-0.15, -0.1) is 0 Å². The van der Waals surface area contributed by atoms with Gasteiger partial charge in [0.2, 0.25) is 20.0 Å². The summed E-state index contributed by atoms with van der Waals surface area (Å²) in [6.45, 7) is 3.59. The summed E-state index contributed by atoms with van der Waals surface area (Å²) in [5, 5.41) is 0.976. The molecular weight excluding hydrogens is 651 g/mol. The van der Waals surface area contributed by atoms with E-state index >= 15 is 0 Å². The summed E-state index contributed by atoms with van der Waals surface area (Å²) in [7, 11) is -8.22. The van der Waals surface area contributed by atoms with Gasteiger partial charge in [-0.1, -0.05) is 82.9 Å². The molecule has 0 bridgehead atoms. The number of halogens is 2. The zero-order valence-electron chi connectivity index (χ0n) is 24.7. The summed E-state index contributed by atoms with van der Waals surface area (Å²) in [5.41, 5.74) is 3.11. The van der Waals surface area contributed by atoms with Crippen molar-refractivity contribution in [3.63, 3.8) is 0 Å². The van der Waals surface area contributed by atoms with E-state index in [-0.39, 0.29) is 35.0 Å². The van der Waals surface area contributed by atoms with Crippen LogP contribution in [0.1, 0.15) is 47.2 Å². The van der Waals surface area contributed by atoms with E-state index in [1.165, 1.54) is 8.61 Å². The van der Waals surface area contributed by atoms with Gasteiger partial charge in [-0.05, 0) is 79.9 Å². The van der Waals surface area contributed by atoms with E-state index in [9.17, 15) is 21.6 Å². The van der Waals surface area contributed by atoms with Crippen LogP contribution in [0.3, 0.4) is 0 Å². The largest absolute Gasteiger partial charge is 0.299 e. The first-order chi connectivity index (χ1) is 21.4. The van der Waals surface area contributed by atoms with Gasteiger partial charge in [0.25, 0.3) is 0 Å². The zero-order chi connectivity index (χ0) is 32.1. The minimum atomic E-state index is -4.14. The van der Waals surface area contributed by atoms with Crippen molar-refractivity contribution in [3.8, 4) is 0 Å². The molecule has 0 aliphatic carbocycles. The molecule has 11 heteroatoms. The molecule has 234 valence electrons. The molecule has 0 unspecified atom stereocenters. The van der Waals surface area contributed by atoms with Crippen molar-refractivity contribution >= 4 is 49.0 Å². The predicted octanol–water partition coefficient (Wildman–Crippen LogP) is 7.14. The molecule has 0 amide bonds. The molecule has 45 heavy (non-hydrogen) atoms. The average Bonchev–Trinajstić information content (AvgIpc) is 3.01. The Kier molecular flexibility index (Phi) is 8.71. The van der Waals surface area contributed by atoms with Crippen molar-refractivity contribution in [1.82, 2.24) is 8.61 Å². The van der Waals surface area contributed by atoms with E-state index < -0.39 is 44.1 Å². The van der Waals surface area contributed by atoms with Crippen LogP contribution in [0.15, 0.2) is 107 Å². The lowest BCUT2D eigenvalue weighted by molar-refractivity contribution is -0.132. The van der Waals surface area contributed by atoms with Crippen molar-refractivity contribution in [2.75, 3.05) is 6.54 Å². The number of sulfonamides is 2. The van der Waals surface area contributed by atoms with Crippen molar-refractivity contribution in [3.05, 3.63) is 129 Å². The standard InChI is InChI=1S/C34H32Cl2N2O5S2/c1-22-3-15-28(16-4-22)44(40,41)37-21-30-33(19-31(37)24-7-11-26(35)12-8-24)38(45(42,43)29-17-5-23(2)6-18-29)32(20-34(30)39)25-9-13-27(36)14-10-25/h3-18,30-33H,19-21H2,1-2H3/t30-,31+,32+,33+/m1/s1. The molecule has 2 aliphatic heterocycles. The molecule has 2 heterocycles. The summed E-state index contributed by atoms with van der Waals surface area (Å²) in [5.74, 6) is -1.06. The van der Waals surface area contributed by atoms with Gasteiger partial charge in [0.1, 0.15) is 5.78 Å². The van der Waals surface area contributed by atoms with Gasteiger partial charge in [-0.3, -0.25) is 4.79 Å². The van der Waals surface area contributed by atoms with Gasteiger partial charge >= 0.3 is 0 Å². The number of nitrogens with zero attached hydrogens (tertiary/aromatic N) is 2. The van der Waals surface area contributed by atoms with E-state index in [2.05, 4.69) is 0 Å². The third-order valence-corrected chi connectivity index (χ3v) is 13.2. The molecule has 2 fully saturated rings. The Morgan fingerprint density at radius 3 is 1.56 bits per heavy atom. The quantitative estimate of drug-likeness (QED) is 0.216. The van der Waals surface area contributed by atoms with Crippen LogP contribution in [-0.4, -0.2) is 43.8 Å². The fraction of sp³-hybridized carbons (Fsp3) is 0.265. The molecule has 0 radical (unpaired) electrons. The van der Waals surface area contributed by atoms with Gasteiger partial charge in [-0.25, -0.2) is 16.8 Å². The van der Waals surface area contributed by atoms with Crippen molar-refractivity contribution < 1.29 is 21.6 Å². The van der Waals surface area contributed by atoms with Gasteiger partial charge in [0, 0.05) is 35.0 Å². The number of carbonyl (C=O) groups is 1. The van der Waals surface area contributed by atoms with Crippen LogP contribution >= 0.6 is 23.2 Å². The SMILES string of the molecule is Cc1ccc(S(=O)(=O)N2C[C@H]3C(=O)C[C@@H](c4ccc(Cl)cc4)N(S(=O)(=O)c4ccc(C)cc4)[C@H]3C[C@H]2c2ccc(Cl)cc2)cc1. The minimum Gasteiger partial charge on any atom is -0.299 e. The number of Topliss-reactive ketones (excluding diaryl/α,β-unsaturated/α-hetero) is 1.